The molecule has 1 rings (SSSR count). The molecule has 2 atom stereocenters. The molecule has 1 aliphatic heterocycles. The second-order valence-electron chi connectivity index (χ2n) is 3.36. The van der Waals surface area contributed by atoms with E-state index in [1.807, 2.05) is 6.92 Å². The molecule has 0 aromatic heterocycles. The van der Waals surface area contributed by atoms with Gasteiger partial charge in [0.1, 0.15) is 0 Å². The van der Waals surface area contributed by atoms with E-state index in [-0.39, 0.29) is 6.29 Å². The predicted octanol–water partition coefficient (Wildman–Crippen LogP) is 2.72. The summed E-state index contributed by atoms with van der Waals surface area (Å²) in [5, 5.41) is 0. The summed E-state index contributed by atoms with van der Waals surface area (Å²) in [6.45, 7) is 5.00. The number of hydrogen-bond donors (Lipinski definition) is 0. The van der Waals surface area contributed by atoms with E-state index in [0.29, 0.717) is 6.10 Å². The maximum atomic E-state index is 5.68. The van der Waals surface area contributed by atoms with Gasteiger partial charge in [-0.3, -0.25) is 0 Å². The minimum atomic E-state index is 0.0943. The third-order valence-electron chi connectivity index (χ3n) is 2.30. The summed E-state index contributed by atoms with van der Waals surface area (Å²) in [7, 11) is 0. The van der Waals surface area contributed by atoms with E-state index in [0.717, 1.165) is 13.0 Å². The van der Waals surface area contributed by atoms with E-state index >= 15 is 0 Å². The van der Waals surface area contributed by atoms with Crippen LogP contribution in [0.4, 0.5) is 0 Å². The zero-order chi connectivity index (χ0) is 8.81. The van der Waals surface area contributed by atoms with Crippen LogP contribution in [0.3, 0.4) is 0 Å². The molecule has 2 unspecified atom stereocenters. The lowest BCUT2D eigenvalue weighted by Gasteiger charge is -2.12. The summed E-state index contributed by atoms with van der Waals surface area (Å²) >= 11 is 0. The molecule has 1 fully saturated rings. The van der Waals surface area contributed by atoms with Crippen LogP contribution in [0.15, 0.2) is 0 Å². The first-order valence-corrected chi connectivity index (χ1v) is 5.13. The van der Waals surface area contributed by atoms with Crippen LogP contribution in [0.5, 0.6) is 0 Å². The minimum Gasteiger partial charge on any atom is -0.353 e. The summed E-state index contributed by atoms with van der Waals surface area (Å²) in [4.78, 5) is 0. The van der Waals surface area contributed by atoms with Crippen molar-refractivity contribution in [1.82, 2.24) is 0 Å². The Kier molecular flexibility index (Phi) is 4.62. The molecular formula is C10H20O2. The monoisotopic (exact) mass is 172 g/mol. The standard InChI is InChI=1S/C10H20O2/c1-3-5-6-9-7-8-10(12-9)11-4-2/h9-10H,3-8H2,1-2H3. The van der Waals surface area contributed by atoms with Crippen molar-refractivity contribution < 1.29 is 9.47 Å². The summed E-state index contributed by atoms with van der Waals surface area (Å²) < 4.78 is 11.1. The van der Waals surface area contributed by atoms with E-state index in [4.69, 9.17) is 9.47 Å². The van der Waals surface area contributed by atoms with Gasteiger partial charge in [0, 0.05) is 13.0 Å². The Labute approximate surface area is 75.2 Å². The Bertz CT molecular complexity index is 114. The van der Waals surface area contributed by atoms with E-state index in [1.54, 1.807) is 0 Å². The van der Waals surface area contributed by atoms with E-state index in [9.17, 15) is 0 Å². The van der Waals surface area contributed by atoms with E-state index < -0.39 is 0 Å². The van der Waals surface area contributed by atoms with Crippen LogP contribution in [0, 0.1) is 0 Å². The zero-order valence-corrected chi connectivity index (χ0v) is 8.21. The Morgan fingerprint density at radius 3 is 2.83 bits per heavy atom. The number of rotatable bonds is 5. The summed E-state index contributed by atoms with van der Waals surface area (Å²) in [6.07, 6.45) is 6.59. The molecule has 2 heteroatoms. The minimum absolute atomic E-state index is 0.0943. The number of ether oxygens (including phenoxy) is 2. The maximum Gasteiger partial charge on any atom is 0.158 e. The fourth-order valence-electron chi connectivity index (χ4n) is 1.63. The first-order chi connectivity index (χ1) is 5.86. The average Bonchev–Trinajstić information content (AvgIpc) is 2.50. The largest absolute Gasteiger partial charge is 0.353 e. The normalized spacial score (nSPS) is 29.5. The van der Waals surface area contributed by atoms with Crippen molar-refractivity contribution in [2.75, 3.05) is 6.61 Å². The zero-order valence-electron chi connectivity index (χ0n) is 8.21. The number of unbranched alkanes of at least 4 members (excludes halogenated alkanes) is 1. The number of hydrogen-bond acceptors (Lipinski definition) is 2. The smallest absolute Gasteiger partial charge is 0.158 e. The van der Waals surface area contributed by atoms with Crippen molar-refractivity contribution in [1.29, 1.82) is 0 Å². The molecule has 12 heavy (non-hydrogen) atoms. The average molecular weight is 172 g/mol. The Balaban J connectivity index is 2.08. The molecule has 0 N–H and O–H groups in total. The van der Waals surface area contributed by atoms with Gasteiger partial charge in [0.2, 0.25) is 0 Å². The topological polar surface area (TPSA) is 18.5 Å². The summed E-state index contributed by atoms with van der Waals surface area (Å²) in [5.74, 6) is 0. The second kappa shape index (κ2) is 5.55. The quantitative estimate of drug-likeness (QED) is 0.634. The lowest BCUT2D eigenvalue weighted by molar-refractivity contribution is -0.131. The molecule has 2 nitrogen and oxygen atoms in total. The second-order valence-corrected chi connectivity index (χ2v) is 3.36. The highest BCUT2D eigenvalue weighted by Gasteiger charge is 2.24. The van der Waals surface area contributed by atoms with Gasteiger partial charge in [0.05, 0.1) is 6.10 Å². The highest BCUT2D eigenvalue weighted by atomic mass is 16.7. The molecule has 72 valence electrons. The van der Waals surface area contributed by atoms with Gasteiger partial charge in [-0.15, -0.1) is 0 Å². The molecule has 0 aromatic rings. The molecule has 0 spiro atoms. The molecule has 0 saturated carbocycles. The molecule has 1 heterocycles. The van der Waals surface area contributed by atoms with Gasteiger partial charge < -0.3 is 9.47 Å². The van der Waals surface area contributed by atoms with Crippen LogP contribution in [0.25, 0.3) is 0 Å². The van der Waals surface area contributed by atoms with Crippen LogP contribution in [0.2, 0.25) is 0 Å². The molecule has 0 amide bonds. The van der Waals surface area contributed by atoms with Gasteiger partial charge in [-0.25, -0.2) is 0 Å². The molecule has 0 aliphatic carbocycles. The van der Waals surface area contributed by atoms with Crippen molar-refractivity contribution in [3.63, 3.8) is 0 Å². The van der Waals surface area contributed by atoms with Crippen molar-refractivity contribution in [2.24, 2.45) is 0 Å². The van der Waals surface area contributed by atoms with E-state index in [1.165, 1.54) is 25.7 Å². The SMILES string of the molecule is CCCCC1CCC(OCC)O1. The Morgan fingerprint density at radius 2 is 2.17 bits per heavy atom. The van der Waals surface area contributed by atoms with Gasteiger partial charge in [0.15, 0.2) is 6.29 Å². The Morgan fingerprint density at radius 1 is 1.33 bits per heavy atom. The molecule has 1 saturated heterocycles. The summed E-state index contributed by atoms with van der Waals surface area (Å²) in [6, 6.07) is 0. The molecule has 0 aromatic carbocycles. The first kappa shape index (κ1) is 10.0. The van der Waals surface area contributed by atoms with Crippen molar-refractivity contribution >= 4 is 0 Å². The van der Waals surface area contributed by atoms with E-state index in [2.05, 4.69) is 6.92 Å². The lowest BCUT2D eigenvalue weighted by atomic mass is 10.1. The van der Waals surface area contributed by atoms with Gasteiger partial charge in [0.25, 0.3) is 0 Å². The van der Waals surface area contributed by atoms with Crippen LogP contribution >= 0.6 is 0 Å². The van der Waals surface area contributed by atoms with Crippen LogP contribution in [-0.2, 0) is 9.47 Å². The fraction of sp³-hybridized carbons (Fsp3) is 1.00. The molecule has 0 radical (unpaired) electrons. The van der Waals surface area contributed by atoms with Gasteiger partial charge >= 0.3 is 0 Å². The highest BCUT2D eigenvalue weighted by Crippen LogP contribution is 2.23. The van der Waals surface area contributed by atoms with Gasteiger partial charge in [-0.1, -0.05) is 19.8 Å². The van der Waals surface area contributed by atoms with Crippen LogP contribution < -0.4 is 0 Å². The van der Waals surface area contributed by atoms with Crippen LogP contribution in [-0.4, -0.2) is 19.0 Å². The van der Waals surface area contributed by atoms with Gasteiger partial charge in [-0.05, 0) is 19.8 Å². The third-order valence-corrected chi connectivity index (χ3v) is 2.30. The fourth-order valence-corrected chi connectivity index (χ4v) is 1.63. The van der Waals surface area contributed by atoms with Crippen molar-refractivity contribution in [3.05, 3.63) is 0 Å². The Hall–Kier alpha value is -0.0800. The lowest BCUT2D eigenvalue weighted by Crippen LogP contribution is -2.14. The third kappa shape index (κ3) is 3.11. The summed E-state index contributed by atoms with van der Waals surface area (Å²) in [5.41, 5.74) is 0. The van der Waals surface area contributed by atoms with Crippen LogP contribution in [0.1, 0.15) is 46.0 Å². The molecular weight excluding hydrogens is 152 g/mol. The van der Waals surface area contributed by atoms with Gasteiger partial charge in [-0.2, -0.15) is 0 Å². The predicted molar refractivity (Wildman–Crippen MR) is 49.0 cm³/mol. The van der Waals surface area contributed by atoms with Crippen molar-refractivity contribution in [2.45, 2.75) is 58.3 Å². The molecule has 1 aliphatic rings. The molecule has 0 bridgehead atoms. The maximum absolute atomic E-state index is 5.68. The first-order valence-electron chi connectivity index (χ1n) is 5.13. The highest BCUT2D eigenvalue weighted by molar-refractivity contribution is 4.67. The van der Waals surface area contributed by atoms with Crippen molar-refractivity contribution in [3.8, 4) is 0 Å².